The van der Waals surface area contributed by atoms with E-state index >= 15 is 0 Å². The maximum absolute atomic E-state index is 8.47. The molecule has 0 atom stereocenters. The van der Waals surface area contributed by atoms with Gasteiger partial charge in [0.2, 0.25) is 0 Å². The van der Waals surface area contributed by atoms with Gasteiger partial charge in [0, 0.05) is 0 Å². The van der Waals surface area contributed by atoms with Crippen molar-refractivity contribution in [3.63, 3.8) is 0 Å². The van der Waals surface area contributed by atoms with Crippen LogP contribution >= 0.6 is 40.0 Å². The van der Waals surface area contributed by atoms with E-state index in [1.54, 1.807) is 0 Å². The molecule has 0 bridgehead atoms. The van der Waals surface area contributed by atoms with Gasteiger partial charge in [0.1, 0.15) is 0 Å². The first-order chi connectivity index (χ1) is 36.2. The van der Waals surface area contributed by atoms with Crippen LogP contribution in [0.4, 0.5) is 0 Å². The van der Waals surface area contributed by atoms with Crippen molar-refractivity contribution >= 4 is 85.1 Å². The van der Waals surface area contributed by atoms with Crippen molar-refractivity contribution in [2.75, 3.05) is 0 Å². The molecule has 80 heavy (non-hydrogen) atoms. The fourth-order valence-corrected chi connectivity index (χ4v) is 29.6. The minimum atomic E-state index is -4.14. The molecule has 0 amide bonds. The third-order valence-corrected chi connectivity index (χ3v) is 34.0. The summed E-state index contributed by atoms with van der Waals surface area (Å²) in [6.45, 7) is 55.6. The SMILES string of the molecule is CC(C)(C)c1cc(C2=CC=C(c3cc(C(C)(C)C)cc(C(C)(C)C)c3)[CH]2[Ge]([Cl])([Cl])[CH2]c2ccccc2[CH2][Ge]([Cl])([Cl])[CH]2C(c3cc(C(C)(C)C)cc(C(C)(C)C)c3)=CC=C2c2cc(C(C)(C)C)cc(C(C)(C)C)c2)cc(C(C)(C)C)c1. The molecule has 0 nitrogen and oxygen atoms in total. The van der Waals surface area contributed by atoms with E-state index in [-0.39, 0.29) is 52.8 Å². The molecule has 0 N–H and O–H groups in total. The third kappa shape index (κ3) is 14.7. The number of allylic oxidation sites excluding steroid dienone is 8. The van der Waals surface area contributed by atoms with Gasteiger partial charge in [-0.3, -0.25) is 0 Å². The van der Waals surface area contributed by atoms with Crippen molar-refractivity contribution in [3.8, 4) is 0 Å². The van der Waals surface area contributed by atoms with E-state index < -0.39 is 22.8 Å². The van der Waals surface area contributed by atoms with Crippen LogP contribution in [0.1, 0.15) is 244 Å². The summed E-state index contributed by atoms with van der Waals surface area (Å²) in [5.41, 5.74) is 21.9. The van der Waals surface area contributed by atoms with Gasteiger partial charge >= 0.3 is 514 Å². The summed E-state index contributed by atoms with van der Waals surface area (Å²) >= 11 is -8.28. The fourth-order valence-electron chi connectivity index (χ4n) is 11.3. The molecule has 0 unspecified atom stereocenters. The van der Waals surface area contributed by atoms with Crippen LogP contribution in [-0.2, 0) is 53.8 Å². The van der Waals surface area contributed by atoms with Crippen LogP contribution in [-0.4, -0.2) is 22.8 Å². The standard InChI is InChI=1S/C74H98Cl4Ge2/c1-67(2,3)53-33-49(34-54(41-53)68(4,5)6)61-29-30-62(50-35-55(69(7,8)9)42-56(36-50)70(10,11)12)65(61)79(75,76)45-47-27-25-26-28-48(47)46-80(77,78)66-63(51-37-57(71(13,14)15)43-58(38-51)72(16,17)18)31-32-64(66)52-39-59(73(19,20)21)44-60(40-52)74(22,23)24/h25-44,65-66H,45-46H2,1-24H3. The van der Waals surface area contributed by atoms with Crippen LogP contribution in [0.5, 0.6) is 0 Å². The summed E-state index contributed by atoms with van der Waals surface area (Å²) in [5.74, 6) is 0. The summed E-state index contributed by atoms with van der Waals surface area (Å²) < 4.78 is -0.372. The number of hydrogen-bond acceptors (Lipinski definition) is 0. The Bertz CT molecular complexity index is 2750. The molecule has 0 heterocycles. The molecule has 5 aromatic carbocycles. The first-order valence-corrected chi connectivity index (χ1v) is 45.9. The predicted octanol–water partition coefficient (Wildman–Crippen LogP) is 23.2. The van der Waals surface area contributed by atoms with Crippen molar-refractivity contribution in [2.45, 2.75) is 229 Å². The Balaban J connectivity index is 1.40. The van der Waals surface area contributed by atoms with Gasteiger partial charge in [0.15, 0.2) is 0 Å². The monoisotopic (exact) mass is 1270 g/mol. The molecule has 6 heteroatoms. The second kappa shape index (κ2) is 22.3. The zero-order chi connectivity index (χ0) is 60.1. The van der Waals surface area contributed by atoms with E-state index in [0.717, 1.165) is 11.1 Å². The summed E-state index contributed by atoms with van der Waals surface area (Å²) in [7, 11) is 33.9. The Morgan fingerprint density at radius 2 is 0.438 bits per heavy atom. The zero-order valence-corrected chi connectivity index (χ0v) is 60.8. The number of benzene rings is 5. The first kappa shape index (κ1) is 64.9. The van der Waals surface area contributed by atoms with E-state index in [9.17, 15) is 0 Å². The van der Waals surface area contributed by atoms with E-state index in [2.05, 4.69) is 288 Å². The van der Waals surface area contributed by atoms with Gasteiger partial charge in [0.05, 0.1) is 0 Å². The number of hydrogen-bond donors (Lipinski definition) is 0. The van der Waals surface area contributed by atoms with Gasteiger partial charge in [-0.25, -0.2) is 0 Å². The summed E-state index contributed by atoms with van der Waals surface area (Å²) in [4.78, 5) is 0. The Kier molecular flexibility index (Phi) is 18.1. The average molecular weight is 1270 g/mol. The maximum atomic E-state index is 8.47. The number of rotatable bonds is 10. The number of halogens is 4. The molecule has 7 rings (SSSR count). The second-order valence-electron chi connectivity index (χ2n) is 32.2. The second-order valence-corrected chi connectivity index (χ2v) is 58.5. The molecular weight excluding hydrogens is 1180 g/mol. The van der Waals surface area contributed by atoms with Crippen LogP contribution in [0.2, 0.25) is 9.50 Å². The molecule has 0 saturated heterocycles. The minimum absolute atomic E-state index is 0.0677. The van der Waals surface area contributed by atoms with Crippen LogP contribution in [0, 0.1) is 0 Å². The average Bonchev–Trinajstić information content (AvgIpc) is 3.97. The van der Waals surface area contributed by atoms with Gasteiger partial charge in [0.25, 0.3) is 0 Å². The van der Waals surface area contributed by atoms with Crippen molar-refractivity contribution in [2.24, 2.45) is 0 Å². The molecule has 0 fully saturated rings. The summed E-state index contributed by atoms with van der Waals surface area (Å²) in [6, 6.07) is 37.8. The normalized spacial score (nSPS) is 16.1. The predicted molar refractivity (Wildman–Crippen MR) is 364 cm³/mol. The molecule has 0 saturated carbocycles. The third-order valence-electron chi connectivity index (χ3n) is 16.9. The van der Waals surface area contributed by atoms with E-state index in [0.29, 0.717) is 10.5 Å². The zero-order valence-electron chi connectivity index (χ0n) is 53.6. The quantitative estimate of drug-likeness (QED) is 0.122. The van der Waals surface area contributed by atoms with Crippen LogP contribution in [0.15, 0.2) is 121 Å². The molecule has 0 aliphatic heterocycles. The molecule has 430 valence electrons. The molecule has 2 aliphatic carbocycles. The van der Waals surface area contributed by atoms with Crippen LogP contribution in [0.25, 0.3) is 22.3 Å². The fraction of sp³-hybridized carbons (Fsp3) is 0.486. The topological polar surface area (TPSA) is 0 Å². The molecule has 0 aromatic heterocycles. The van der Waals surface area contributed by atoms with Gasteiger partial charge < -0.3 is 0 Å². The Labute approximate surface area is 509 Å². The van der Waals surface area contributed by atoms with E-state index in [1.165, 1.54) is 89.1 Å². The van der Waals surface area contributed by atoms with Crippen LogP contribution in [0.3, 0.4) is 0 Å². The Hall–Kier alpha value is -2.69. The van der Waals surface area contributed by atoms with E-state index in [4.69, 9.17) is 40.0 Å². The van der Waals surface area contributed by atoms with Crippen molar-refractivity contribution in [3.05, 3.63) is 199 Å². The van der Waals surface area contributed by atoms with Crippen molar-refractivity contribution in [1.82, 2.24) is 0 Å². The Morgan fingerprint density at radius 1 is 0.275 bits per heavy atom. The summed E-state index contributed by atoms with van der Waals surface area (Å²) in [5, 5.41) is 1.14. The van der Waals surface area contributed by atoms with Crippen molar-refractivity contribution in [1.29, 1.82) is 0 Å². The first-order valence-electron chi connectivity index (χ1n) is 29.5. The van der Waals surface area contributed by atoms with Gasteiger partial charge in [-0.05, 0) is 0 Å². The van der Waals surface area contributed by atoms with Gasteiger partial charge in [-0.2, -0.15) is 0 Å². The molecule has 0 radical (unpaired) electrons. The van der Waals surface area contributed by atoms with Crippen molar-refractivity contribution < 1.29 is 0 Å². The molecule has 2 aliphatic rings. The van der Waals surface area contributed by atoms with Gasteiger partial charge in [-0.15, -0.1) is 0 Å². The van der Waals surface area contributed by atoms with Crippen LogP contribution < -0.4 is 0 Å². The van der Waals surface area contributed by atoms with E-state index in [1.807, 2.05) is 0 Å². The van der Waals surface area contributed by atoms with Gasteiger partial charge in [-0.1, -0.05) is 0 Å². The molecule has 5 aromatic rings. The Morgan fingerprint density at radius 3 is 0.588 bits per heavy atom. The molecular formula is C74H98Cl4Ge2. The summed E-state index contributed by atoms with van der Waals surface area (Å²) in [6.07, 6.45) is 9.41. The molecule has 0 spiro atoms.